The van der Waals surface area contributed by atoms with Crippen LogP contribution >= 0.6 is 11.6 Å². The number of fused-ring (bicyclic) bond motifs is 1. The molecule has 0 bridgehead atoms. The van der Waals surface area contributed by atoms with Crippen LogP contribution in [-0.2, 0) is 0 Å². The monoisotopic (exact) mass is 287 g/mol. The fourth-order valence-corrected chi connectivity index (χ4v) is 2.23. The Morgan fingerprint density at radius 1 is 1.25 bits per heavy atom. The summed E-state index contributed by atoms with van der Waals surface area (Å²) in [5.74, 6) is -0.0370. The zero-order valence-electron chi connectivity index (χ0n) is 10.2. The number of benzene rings is 2. The lowest BCUT2D eigenvalue weighted by molar-refractivity contribution is 0.318. The van der Waals surface area contributed by atoms with Crippen LogP contribution in [0.1, 0.15) is 5.56 Å². The SMILES string of the molecule is NC(=NO)c1ccc(-n2nnc3ccccc32)cc1Cl. The molecule has 100 valence electrons. The van der Waals surface area contributed by atoms with E-state index < -0.39 is 0 Å². The largest absolute Gasteiger partial charge is 0.409 e. The number of rotatable bonds is 2. The number of halogens is 1. The van der Waals surface area contributed by atoms with Crippen LogP contribution in [0.3, 0.4) is 0 Å². The summed E-state index contributed by atoms with van der Waals surface area (Å²) in [6, 6.07) is 12.7. The second-order valence-electron chi connectivity index (χ2n) is 4.14. The van der Waals surface area contributed by atoms with Gasteiger partial charge < -0.3 is 10.9 Å². The Morgan fingerprint density at radius 2 is 2.05 bits per heavy atom. The first-order valence-corrected chi connectivity index (χ1v) is 6.17. The van der Waals surface area contributed by atoms with Crippen molar-refractivity contribution in [2.24, 2.45) is 10.9 Å². The van der Waals surface area contributed by atoms with Gasteiger partial charge in [0.2, 0.25) is 0 Å². The van der Waals surface area contributed by atoms with Crippen molar-refractivity contribution in [2.45, 2.75) is 0 Å². The second kappa shape index (κ2) is 4.82. The number of nitrogens with zero attached hydrogens (tertiary/aromatic N) is 4. The van der Waals surface area contributed by atoms with Gasteiger partial charge in [-0.05, 0) is 30.3 Å². The van der Waals surface area contributed by atoms with Crippen LogP contribution in [-0.4, -0.2) is 26.0 Å². The van der Waals surface area contributed by atoms with Gasteiger partial charge in [0, 0.05) is 5.56 Å². The standard InChI is InChI=1S/C13H10ClN5O/c14-10-7-8(5-6-9(10)13(15)17-20)19-12-4-2-1-3-11(12)16-18-19/h1-7,20H,(H2,15,17). The van der Waals surface area contributed by atoms with Gasteiger partial charge in [0.1, 0.15) is 5.52 Å². The number of hydrogen-bond acceptors (Lipinski definition) is 4. The molecule has 0 aliphatic carbocycles. The molecule has 0 amide bonds. The number of aromatic nitrogens is 3. The summed E-state index contributed by atoms with van der Waals surface area (Å²) in [6.45, 7) is 0. The third kappa shape index (κ3) is 1.96. The van der Waals surface area contributed by atoms with Gasteiger partial charge in [0.05, 0.1) is 16.2 Å². The van der Waals surface area contributed by atoms with Crippen LogP contribution in [0.15, 0.2) is 47.6 Å². The van der Waals surface area contributed by atoms with Gasteiger partial charge in [-0.2, -0.15) is 0 Å². The van der Waals surface area contributed by atoms with Crippen molar-refractivity contribution < 1.29 is 5.21 Å². The minimum atomic E-state index is -0.0370. The van der Waals surface area contributed by atoms with Crippen LogP contribution in [0.25, 0.3) is 16.7 Å². The van der Waals surface area contributed by atoms with Crippen LogP contribution in [0.4, 0.5) is 0 Å². The third-order valence-electron chi connectivity index (χ3n) is 2.93. The molecule has 3 rings (SSSR count). The molecule has 7 heteroatoms. The lowest BCUT2D eigenvalue weighted by Crippen LogP contribution is -2.13. The number of hydrogen-bond donors (Lipinski definition) is 2. The molecule has 0 atom stereocenters. The smallest absolute Gasteiger partial charge is 0.171 e. The zero-order chi connectivity index (χ0) is 14.1. The summed E-state index contributed by atoms with van der Waals surface area (Å²) < 4.78 is 1.68. The topological polar surface area (TPSA) is 89.3 Å². The summed E-state index contributed by atoms with van der Waals surface area (Å²) >= 11 is 6.14. The Bertz CT molecular complexity index is 811. The van der Waals surface area contributed by atoms with Gasteiger partial charge >= 0.3 is 0 Å². The summed E-state index contributed by atoms with van der Waals surface area (Å²) in [4.78, 5) is 0. The highest BCUT2D eigenvalue weighted by Gasteiger charge is 2.10. The van der Waals surface area contributed by atoms with E-state index in [-0.39, 0.29) is 5.84 Å². The maximum atomic E-state index is 8.68. The lowest BCUT2D eigenvalue weighted by atomic mass is 10.2. The van der Waals surface area contributed by atoms with Crippen LogP contribution < -0.4 is 5.73 Å². The highest BCUT2D eigenvalue weighted by Crippen LogP contribution is 2.22. The van der Waals surface area contributed by atoms with E-state index in [4.69, 9.17) is 22.5 Å². The first-order valence-electron chi connectivity index (χ1n) is 5.79. The summed E-state index contributed by atoms with van der Waals surface area (Å²) in [5, 5.41) is 20.2. The summed E-state index contributed by atoms with van der Waals surface area (Å²) in [7, 11) is 0. The summed E-state index contributed by atoms with van der Waals surface area (Å²) in [6.07, 6.45) is 0. The van der Waals surface area contributed by atoms with E-state index in [9.17, 15) is 0 Å². The molecule has 0 spiro atoms. The Kier molecular flexibility index (Phi) is 3.00. The van der Waals surface area contributed by atoms with Crippen molar-refractivity contribution >= 4 is 28.5 Å². The van der Waals surface area contributed by atoms with Crippen molar-refractivity contribution in [3.63, 3.8) is 0 Å². The minimum Gasteiger partial charge on any atom is -0.409 e. The van der Waals surface area contributed by atoms with Gasteiger partial charge in [0.15, 0.2) is 5.84 Å². The van der Waals surface area contributed by atoms with Crippen molar-refractivity contribution in [1.29, 1.82) is 0 Å². The van der Waals surface area contributed by atoms with Gasteiger partial charge in [-0.1, -0.05) is 34.1 Å². The number of oxime groups is 1. The maximum absolute atomic E-state index is 8.68. The number of para-hydroxylation sites is 1. The Hall–Kier alpha value is -2.60. The fourth-order valence-electron chi connectivity index (χ4n) is 1.96. The fraction of sp³-hybridized carbons (Fsp3) is 0. The molecule has 0 fully saturated rings. The molecule has 6 nitrogen and oxygen atoms in total. The molecule has 0 aliphatic rings. The summed E-state index contributed by atoms with van der Waals surface area (Å²) in [5.41, 5.74) is 8.41. The van der Waals surface area contributed by atoms with Gasteiger partial charge in [-0.15, -0.1) is 5.10 Å². The molecule has 3 N–H and O–H groups in total. The maximum Gasteiger partial charge on any atom is 0.171 e. The van der Waals surface area contributed by atoms with E-state index in [0.29, 0.717) is 10.6 Å². The molecular weight excluding hydrogens is 278 g/mol. The van der Waals surface area contributed by atoms with Crippen LogP contribution in [0.2, 0.25) is 5.02 Å². The van der Waals surface area contributed by atoms with Crippen molar-refractivity contribution in [3.05, 3.63) is 53.1 Å². The molecule has 0 saturated carbocycles. The third-order valence-corrected chi connectivity index (χ3v) is 3.25. The average molecular weight is 288 g/mol. The highest BCUT2D eigenvalue weighted by atomic mass is 35.5. The van der Waals surface area contributed by atoms with E-state index in [0.717, 1.165) is 16.7 Å². The van der Waals surface area contributed by atoms with E-state index in [1.54, 1.807) is 22.9 Å². The van der Waals surface area contributed by atoms with Crippen LogP contribution in [0.5, 0.6) is 0 Å². The predicted molar refractivity (Wildman–Crippen MR) is 76.4 cm³/mol. The Labute approximate surface area is 119 Å². The first-order chi connectivity index (χ1) is 9.70. The first kappa shape index (κ1) is 12.4. The van der Waals surface area contributed by atoms with Crippen LogP contribution in [0, 0.1) is 0 Å². The van der Waals surface area contributed by atoms with E-state index in [1.165, 1.54) is 0 Å². The molecule has 1 heterocycles. The molecule has 2 aromatic carbocycles. The van der Waals surface area contributed by atoms with Gasteiger partial charge in [0.25, 0.3) is 0 Å². The predicted octanol–water partition coefficient (Wildman–Crippen LogP) is 2.17. The Balaban J connectivity index is 2.14. The highest BCUT2D eigenvalue weighted by molar-refractivity contribution is 6.34. The minimum absolute atomic E-state index is 0.0370. The normalized spacial score (nSPS) is 11.9. The van der Waals surface area contributed by atoms with Crippen molar-refractivity contribution in [2.75, 3.05) is 0 Å². The molecule has 3 aromatic rings. The second-order valence-corrected chi connectivity index (χ2v) is 4.55. The molecule has 0 saturated heterocycles. The quantitative estimate of drug-likeness (QED) is 0.327. The molecule has 0 unspecified atom stereocenters. The molecule has 20 heavy (non-hydrogen) atoms. The molecule has 0 aliphatic heterocycles. The van der Waals surface area contributed by atoms with E-state index in [1.807, 2.05) is 24.3 Å². The zero-order valence-corrected chi connectivity index (χ0v) is 11.0. The van der Waals surface area contributed by atoms with E-state index >= 15 is 0 Å². The van der Waals surface area contributed by atoms with Gasteiger partial charge in [-0.25, -0.2) is 4.68 Å². The average Bonchev–Trinajstić information content (AvgIpc) is 2.90. The Morgan fingerprint density at radius 3 is 2.80 bits per heavy atom. The van der Waals surface area contributed by atoms with Crippen molar-refractivity contribution in [3.8, 4) is 5.69 Å². The van der Waals surface area contributed by atoms with Gasteiger partial charge in [-0.3, -0.25) is 0 Å². The lowest BCUT2D eigenvalue weighted by Gasteiger charge is -2.06. The molecule has 0 radical (unpaired) electrons. The number of amidine groups is 1. The molecular formula is C13H10ClN5O. The van der Waals surface area contributed by atoms with E-state index in [2.05, 4.69) is 15.5 Å². The van der Waals surface area contributed by atoms with Crippen molar-refractivity contribution in [1.82, 2.24) is 15.0 Å². The molecule has 1 aromatic heterocycles. The number of nitrogens with two attached hydrogens (primary N) is 1.